The number of ether oxygens (including phenoxy) is 2. The molecule has 3 N–H and O–H groups in total. The molecule has 0 aromatic heterocycles. The normalized spacial score (nSPS) is 9.95. The van der Waals surface area contributed by atoms with Gasteiger partial charge in [0, 0.05) is 19.2 Å². The van der Waals surface area contributed by atoms with Gasteiger partial charge in [-0.1, -0.05) is 0 Å². The van der Waals surface area contributed by atoms with Gasteiger partial charge < -0.3 is 20.5 Å². The van der Waals surface area contributed by atoms with Gasteiger partial charge in [-0.15, -0.1) is 0 Å². The first-order valence-corrected chi connectivity index (χ1v) is 6.02. The van der Waals surface area contributed by atoms with Gasteiger partial charge in [-0.2, -0.15) is 0 Å². The Kier molecular flexibility index (Phi) is 5.73. The van der Waals surface area contributed by atoms with Gasteiger partial charge in [-0.25, -0.2) is 0 Å². The molecule has 0 radical (unpaired) electrons. The van der Waals surface area contributed by atoms with E-state index in [4.69, 9.17) is 15.2 Å². The second-order valence-electron chi connectivity index (χ2n) is 3.75. The van der Waals surface area contributed by atoms with Crippen molar-refractivity contribution in [3.63, 3.8) is 0 Å². The highest BCUT2D eigenvalue weighted by molar-refractivity contribution is 5.99. The fraction of sp³-hybridized carbons (Fsp3) is 0.417. The van der Waals surface area contributed by atoms with E-state index >= 15 is 0 Å². The summed E-state index contributed by atoms with van der Waals surface area (Å²) < 4.78 is 10.3. The summed E-state index contributed by atoms with van der Waals surface area (Å²) in [6.45, 7) is 2.58. The van der Waals surface area contributed by atoms with Crippen molar-refractivity contribution < 1.29 is 19.2 Å². The molecule has 8 nitrogen and oxygen atoms in total. The molecule has 8 heteroatoms. The van der Waals surface area contributed by atoms with Crippen LogP contribution in [0.15, 0.2) is 12.1 Å². The van der Waals surface area contributed by atoms with Crippen LogP contribution in [0.3, 0.4) is 0 Å². The van der Waals surface area contributed by atoms with Crippen LogP contribution in [0, 0.1) is 10.1 Å². The second kappa shape index (κ2) is 7.29. The number of carbonyl (C=O) groups excluding carboxylic acids is 1. The summed E-state index contributed by atoms with van der Waals surface area (Å²) in [5.74, 6) is -0.0989. The number of nitro groups is 1. The topological polar surface area (TPSA) is 117 Å². The highest BCUT2D eigenvalue weighted by atomic mass is 16.6. The smallest absolute Gasteiger partial charge is 0.286 e. The monoisotopic (exact) mass is 283 g/mol. The summed E-state index contributed by atoms with van der Waals surface area (Å²) >= 11 is 0. The van der Waals surface area contributed by atoms with Crippen LogP contribution in [0.4, 0.5) is 5.69 Å². The minimum Gasteiger partial charge on any atom is -0.493 e. The lowest BCUT2D eigenvalue weighted by atomic mass is 10.1. The Morgan fingerprint density at radius 1 is 1.45 bits per heavy atom. The molecule has 0 spiro atoms. The number of amides is 1. The van der Waals surface area contributed by atoms with Crippen molar-refractivity contribution in [2.75, 3.05) is 26.8 Å². The lowest BCUT2D eigenvalue weighted by Crippen LogP contribution is -2.29. The van der Waals surface area contributed by atoms with Crippen molar-refractivity contribution in [2.24, 2.45) is 5.73 Å². The Morgan fingerprint density at radius 3 is 2.65 bits per heavy atom. The van der Waals surface area contributed by atoms with Gasteiger partial charge in [-0.05, 0) is 6.92 Å². The zero-order valence-corrected chi connectivity index (χ0v) is 11.3. The Balaban J connectivity index is 3.27. The van der Waals surface area contributed by atoms with E-state index in [1.54, 1.807) is 6.92 Å². The molecular weight excluding hydrogens is 266 g/mol. The van der Waals surface area contributed by atoms with Crippen LogP contribution < -0.4 is 20.5 Å². The van der Waals surface area contributed by atoms with E-state index in [2.05, 4.69) is 5.32 Å². The molecule has 0 aliphatic heterocycles. The summed E-state index contributed by atoms with van der Waals surface area (Å²) in [5.41, 5.74) is 4.85. The van der Waals surface area contributed by atoms with E-state index in [1.807, 2.05) is 0 Å². The van der Waals surface area contributed by atoms with E-state index in [0.29, 0.717) is 6.61 Å². The molecule has 0 fully saturated rings. The minimum absolute atomic E-state index is 0.0901. The second-order valence-corrected chi connectivity index (χ2v) is 3.75. The summed E-state index contributed by atoms with van der Waals surface area (Å²) in [6, 6.07) is 2.47. The first-order valence-electron chi connectivity index (χ1n) is 6.02. The Labute approximate surface area is 116 Å². The highest BCUT2D eigenvalue weighted by Crippen LogP contribution is 2.34. The van der Waals surface area contributed by atoms with E-state index in [9.17, 15) is 14.9 Å². The summed E-state index contributed by atoms with van der Waals surface area (Å²) in [7, 11) is 1.37. The lowest BCUT2D eigenvalue weighted by Gasteiger charge is -2.11. The Bertz CT molecular complexity index is 504. The minimum atomic E-state index is -0.643. The fourth-order valence-corrected chi connectivity index (χ4v) is 1.59. The van der Waals surface area contributed by atoms with Crippen LogP contribution in [0.2, 0.25) is 0 Å². The van der Waals surface area contributed by atoms with Crippen molar-refractivity contribution in [3.05, 3.63) is 27.8 Å². The van der Waals surface area contributed by atoms with Gasteiger partial charge in [0.2, 0.25) is 0 Å². The maximum Gasteiger partial charge on any atom is 0.286 e. The molecule has 0 aliphatic carbocycles. The summed E-state index contributed by atoms with van der Waals surface area (Å²) in [6.07, 6.45) is 0. The van der Waals surface area contributed by atoms with Crippen LogP contribution in [-0.4, -0.2) is 37.6 Å². The van der Waals surface area contributed by atoms with Gasteiger partial charge >= 0.3 is 0 Å². The molecule has 1 aromatic rings. The van der Waals surface area contributed by atoms with Crippen molar-refractivity contribution in [3.8, 4) is 11.5 Å². The number of rotatable bonds is 7. The average molecular weight is 283 g/mol. The van der Waals surface area contributed by atoms with Crippen molar-refractivity contribution in [2.45, 2.75) is 6.92 Å². The molecule has 1 aromatic carbocycles. The first kappa shape index (κ1) is 15.7. The summed E-state index contributed by atoms with van der Waals surface area (Å²) in [5, 5.41) is 13.5. The van der Waals surface area contributed by atoms with E-state index < -0.39 is 10.8 Å². The zero-order chi connectivity index (χ0) is 15.1. The van der Waals surface area contributed by atoms with Crippen LogP contribution >= 0.6 is 0 Å². The maximum absolute atomic E-state index is 11.9. The van der Waals surface area contributed by atoms with Gasteiger partial charge in [0.1, 0.15) is 5.56 Å². The number of carbonyl (C=O) groups is 1. The Morgan fingerprint density at radius 2 is 2.15 bits per heavy atom. The number of nitrogens with zero attached hydrogens (tertiary/aromatic N) is 1. The zero-order valence-electron chi connectivity index (χ0n) is 11.3. The number of benzene rings is 1. The molecule has 110 valence electrons. The molecule has 0 unspecified atom stereocenters. The van der Waals surface area contributed by atoms with Gasteiger partial charge in [0.25, 0.3) is 11.6 Å². The highest BCUT2D eigenvalue weighted by Gasteiger charge is 2.24. The maximum atomic E-state index is 11.9. The molecule has 0 atom stereocenters. The standard InChI is InChI=1S/C12H17N3O5/c1-3-20-11-6-8(12(16)14-5-4-13)9(15(17)18)7-10(11)19-2/h6-7H,3-5,13H2,1-2H3,(H,14,16). The quantitative estimate of drug-likeness (QED) is 0.561. The third-order valence-electron chi connectivity index (χ3n) is 2.45. The van der Waals surface area contributed by atoms with E-state index in [0.717, 1.165) is 0 Å². The van der Waals surface area contributed by atoms with Crippen LogP contribution in [-0.2, 0) is 0 Å². The number of hydrogen-bond donors (Lipinski definition) is 2. The molecule has 0 aliphatic rings. The average Bonchev–Trinajstić information content (AvgIpc) is 2.44. The first-order chi connectivity index (χ1) is 9.54. The fourth-order valence-electron chi connectivity index (χ4n) is 1.59. The Hall–Kier alpha value is -2.35. The van der Waals surface area contributed by atoms with Crippen molar-refractivity contribution >= 4 is 11.6 Å². The van der Waals surface area contributed by atoms with E-state index in [1.165, 1.54) is 19.2 Å². The predicted molar refractivity (Wildman–Crippen MR) is 72.2 cm³/mol. The van der Waals surface area contributed by atoms with Gasteiger partial charge in [0.15, 0.2) is 11.5 Å². The summed E-state index contributed by atoms with van der Waals surface area (Å²) in [4.78, 5) is 22.3. The molecular formula is C12H17N3O5. The molecule has 1 amide bonds. The van der Waals surface area contributed by atoms with Crippen LogP contribution in [0.5, 0.6) is 11.5 Å². The number of methoxy groups -OCH3 is 1. The van der Waals surface area contributed by atoms with Crippen LogP contribution in [0.25, 0.3) is 0 Å². The molecule has 0 heterocycles. The molecule has 1 rings (SSSR count). The number of nitrogens with two attached hydrogens (primary N) is 1. The molecule has 20 heavy (non-hydrogen) atoms. The van der Waals surface area contributed by atoms with Crippen LogP contribution in [0.1, 0.15) is 17.3 Å². The molecule has 0 bridgehead atoms. The lowest BCUT2D eigenvalue weighted by molar-refractivity contribution is -0.385. The largest absolute Gasteiger partial charge is 0.493 e. The molecule has 0 saturated carbocycles. The van der Waals surface area contributed by atoms with Crippen molar-refractivity contribution in [1.29, 1.82) is 0 Å². The van der Waals surface area contributed by atoms with Gasteiger partial charge in [-0.3, -0.25) is 14.9 Å². The van der Waals surface area contributed by atoms with E-state index in [-0.39, 0.29) is 35.8 Å². The number of hydrogen-bond acceptors (Lipinski definition) is 6. The predicted octanol–water partition coefficient (Wildman–Crippen LogP) is 0.691. The third kappa shape index (κ3) is 3.58. The third-order valence-corrected chi connectivity index (χ3v) is 2.45. The number of nitro benzene ring substituents is 1. The molecule has 0 saturated heterocycles. The van der Waals surface area contributed by atoms with Crippen molar-refractivity contribution in [1.82, 2.24) is 5.32 Å². The number of nitrogens with one attached hydrogen (secondary N) is 1. The van der Waals surface area contributed by atoms with Gasteiger partial charge in [0.05, 0.1) is 24.7 Å². The SMILES string of the molecule is CCOc1cc(C(=O)NCCN)c([N+](=O)[O-])cc1OC.